The van der Waals surface area contributed by atoms with Gasteiger partial charge in [-0.2, -0.15) is 13.2 Å². The highest BCUT2D eigenvalue weighted by molar-refractivity contribution is 8.00. The van der Waals surface area contributed by atoms with E-state index in [-0.39, 0.29) is 17.3 Å². The monoisotopic (exact) mass is 371 g/mol. The quantitative estimate of drug-likeness (QED) is 0.482. The van der Waals surface area contributed by atoms with Gasteiger partial charge >= 0.3 is 6.18 Å². The number of aromatic nitrogens is 2. The Morgan fingerprint density at radius 1 is 1.44 bits per heavy atom. The number of hydrogen-bond donors (Lipinski definition) is 1. The van der Waals surface area contributed by atoms with E-state index in [2.05, 4.69) is 11.6 Å². The van der Waals surface area contributed by atoms with Crippen LogP contribution < -0.4 is 10.9 Å². The minimum absolute atomic E-state index is 0.176. The van der Waals surface area contributed by atoms with Crippen LogP contribution in [0.2, 0.25) is 0 Å². The zero-order chi connectivity index (χ0) is 18.6. The maximum absolute atomic E-state index is 12.6. The molecule has 1 amide bonds. The number of amides is 1. The number of nitrogens with zero attached hydrogens (tertiary/aromatic N) is 2. The molecular formula is C16H16F3N3O2S. The average molecular weight is 371 g/mol. The molecular weight excluding hydrogens is 355 g/mol. The molecule has 1 atom stereocenters. The van der Waals surface area contributed by atoms with Gasteiger partial charge in [-0.3, -0.25) is 14.2 Å². The smallest absolute Gasteiger partial charge is 0.346 e. The van der Waals surface area contributed by atoms with Gasteiger partial charge in [0, 0.05) is 6.54 Å². The van der Waals surface area contributed by atoms with Crippen molar-refractivity contribution in [3.8, 4) is 0 Å². The molecule has 0 aliphatic heterocycles. The fourth-order valence-corrected chi connectivity index (χ4v) is 3.01. The number of hydrogen-bond acceptors (Lipinski definition) is 4. The maximum Gasteiger partial charge on any atom is 0.405 e. The number of alkyl halides is 3. The molecule has 2 rings (SSSR count). The van der Waals surface area contributed by atoms with Crippen molar-refractivity contribution in [1.82, 2.24) is 14.9 Å². The van der Waals surface area contributed by atoms with Crippen molar-refractivity contribution in [3.63, 3.8) is 0 Å². The van der Waals surface area contributed by atoms with Crippen LogP contribution in [0, 0.1) is 0 Å². The average Bonchev–Trinajstić information content (AvgIpc) is 2.55. The third-order valence-corrected chi connectivity index (χ3v) is 4.34. The molecule has 1 N–H and O–H groups in total. The zero-order valence-corrected chi connectivity index (χ0v) is 14.2. The van der Waals surface area contributed by atoms with Crippen LogP contribution in [0.4, 0.5) is 13.2 Å². The standard InChI is InChI=1S/C16H16F3N3O2S/c1-3-8-22-14(24)11-6-4-5-7-12(11)21-15(22)25-10(2)13(23)20-9-16(17,18)19/h3-7,10H,1,8-9H2,2H3,(H,20,23). The largest absolute Gasteiger partial charge is 0.405 e. The summed E-state index contributed by atoms with van der Waals surface area (Å²) < 4.78 is 38.0. The van der Waals surface area contributed by atoms with Crippen molar-refractivity contribution < 1.29 is 18.0 Å². The number of benzene rings is 1. The van der Waals surface area contributed by atoms with Crippen molar-refractivity contribution in [2.75, 3.05) is 6.54 Å². The van der Waals surface area contributed by atoms with Crippen LogP contribution >= 0.6 is 11.8 Å². The van der Waals surface area contributed by atoms with Crippen molar-refractivity contribution in [1.29, 1.82) is 0 Å². The lowest BCUT2D eigenvalue weighted by molar-refractivity contribution is -0.137. The molecule has 5 nitrogen and oxygen atoms in total. The van der Waals surface area contributed by atoms with E-state index in [9.17, 15) is 22.8 Å². The second-order valence-electron chi connectivity index (χ2n) is 5.21. The van der Waals surface area contributed by atoms with Gasteiger partial charge in [-0.05, 0) is 19.1 Å². The topological polar surface area (TPSA) is 64.0 Å². The highest BCUT2D eigenvalue weighted by Gasteiger charge is 2.29. The van der Waals surface area contributed by atoms with Gasteiger partial charge in [-0.1, -0.05) is 30.0 Å². The first-order chi connectivity index (χ1) is 11.7. The summed E-state index contributed by atoms with van der Waals surface area (Å²) in [6, 6.07) is 6.73. The fourth-order valence-electron chi connectivity index (χ4n) is 2.07. The van der Waals surface area contributed by atoms with Gasteiger partial charge in [-0.15, -0.1) is 6.58 Å². The summed E-state index contributed by atoms with van der Waals surface area (Å²) in [5, 5.41) is 1.64. The van der Waals surface area contributed by atoms with E-state index in [0.717, 1.165) is 11.8 Å². The second-order valence-corrected chi connectivity index (χ2v) is 6.52. The number of carbonyl (C=O) groups excluding carboxylic acids is 1. The molecule has 0 saturated heterocycles. The van der Waals surface area contributed by atoms with E-state index in [4.69, 9.17) is 0 Å². The SMILES string of the molecule is C=CCn1c(SC(C)C(=O)NCC(F)(F)F)nc2ccccc2c1=O. The molecule has 1 aromatic carbocycles. The summed E-state index contributed by atoms with van der Waals surface area (Å²) in [4.78, 5) is 28.8. The first-order valence-corrected chi connectivity index (χ1v) is 8.22. The third-order valence-electron chi connectivity index (χ3n) is 3.25. The van der Waals surface area contributed by atoms with Gasteiger partial charge < -0.3 is 5.32 Å². The molecule has 0 fully saturated rings. The molecule has 1 heterocycles. The first-order valence-electron chi connectivity index (χ1n) is 7.34. The Morgan fingerprint density at radius 2 is 2.12 bits per heavy atom. The first kappa shape index (κ1) is 19.0. The van der Waals surface area contributed by atoms with E-state index in [1.54, 1.807) is 24.3 Å². The Balaban J connectivity index is 2.30. The Hall–Kier alpha value is -2.29. The normalized spacial score (nSPS) is 12.8. The molecule has 0 radical (unpaired) electrons. The highest BCUT2D eigenvalue weighted by atomic mass is 32.2. The highest BCUT2D eigenvalue weighted by Crippen LogP contribution is 2.23. The van der Waals surface area contributed by atoms with E-state index < -0.39 is 23.9 Å². The predicted octanol–water partition coefficient (Wildman–Crippen LogP) is 2.74. The van der Waals surface area contributed by atoms with Crippen LogP contribution in [-0.2, 0) is 11.3 Å². The number of fused-ring (bicyclic) bond motifs is 1. The molecule has 2 aromatic rings. The Bertz CT molecular complexity index is 849. The van der Waals surface area contributed by atoms with Gasteiger partial charge in [0.2, 0.25) is 5.91 Å². The lowest BCUT2D eigenvalue weighted by Crippen LogP contribution is -2.38. The molecule has 0 bridgehead atoms. The van der Waals surface area contributed by atoms with Gasteiger partial charge in [0.25, 0.3) is 5.56 Å². The molecule has 0 spiro atoms. The van der Waals surface area contributed by atoms with Gasteiger partial charge in [0.1, 0.15) is 6.54 Å². The minimum atomic E-state index is -4.48. The summed E-state index contributed by atoms with van der Waals surface area (Å²) in [6.07, 6.45) is -2.97. The summed E-state index contributed by atoms with van der Waals surface area (Å²) in [6.45, 7) is 3.82. The summed E-state index contributed by atoms with van der Waals surface area (Å²) in [5.74, 6) is -0.783. The Kier molecular flexibility index (Phi) is 5.89. The second kappa shape index (κ2) is 7.73. The molecule has 9 heteroatoms. The fraction of sp³-hybridized carbons (Fsp3) is 0.312. The van der Waals surface area contributed by atoms with Crippen LogP contribution in [-0.4, -0.2) is 33.4 Å². The number of nitrogens with one attached hydrogen (secondary N) is 1. The summed E-state index contributed by atoms with van der Waals surface area (Å²) in [5.41, 5.74) is 0.161. The maximum atomic E-state index is 12.6. The summed E-state index contributed by atoms with van der Waals surface area (Å²) in [7, 11) is 0. The molecule has 0 aliphatic rings. The number of para-hydroxylation sites is 1. The third kappa shape index (κ3) is 4.85. The molecule has 1 unspecified atom stereocenters. The number of rotatable bonds is 6. The molecule has 0 aliphatic carbocycles. The van der Waals surface area contributed by atoms with Gasteiger partial charge in [0.15, 0.2) is 5.16 Å². The summed E-state index contributed by atoms with van der Waals surface area (Å²) >= 11 is 0.923. The van der Waals surface area contributed by atoms with Crippen LogP contribution in [0.3, 0.4) is 0 Å². The van der Waals surface area contributed by atoms with Crippen molar-refractivity contribution in [3.05, 3.63) is 47.3 Å². The van der Waals surface area contributed by atoms with Crippen molar-refractivity contribution in [2.24, 2.45) is 0 Å². The Labute approximate surface area is 145 Å². The Morgan fingerprint density at radius 3 is 2.76 bits per heavy atom. The van der Waals surface area contributed by atoms with Crippen LogP contribution in [0.5, 0.6) is 0 Å². The number of thioether (sulfide) groups is 1. The number of allylic oxidation sites excluding steroid dienone is 1. The minimum Gasteiger partial charge on any atom is -0.346 e. The lowest BCUT2D eigenvalue weighted by Gasteiger charge is -2.16. The van der Waals surface area contributed by atoms with Crippen LogP contribution in [0.15, 0.2) is 46.9 Å². The van der Waals surface area contributed by atoms with Crippen LogP contribution in [0.1, 0.15) is 6.92 Å². The molecule has 25 heavy (non-hydrogen) atoms. The lowest BCUT2D eigenvalue weighted by atomic mass is 10.2. The van der Waals surface area contributed by atoms with Crippen LogP contribution in [0.25, 0.3) is 10.9 Å². The molecule has 0 saturated carbocycles. The van der Waals surface area contributed by atoms with E-state index >= 15 is 0 Å². The number of halogens is 3. The van der Waals surface area contributed by atoms with Gasteiger partial charge in [-0.25, -0.2) is 4.98 Å². The molecule has 1 aromatic heterocycles. The van der Waals surface area contributed by atoms with Gasteiger partial charge in [0.05, 0.1) is 16.2 Å². The van der Waals surface area contributed by atoms with Crippen molar-refractivity contribution >= 4 is 28.6 Å². The van der Waals surface area contributed by atoms with E-state index in [1.165, 1.54) is 17.6 Å². The zero-order valence-electron chi connectivity index (χ0n) is 13.3. The predicted molar refractivity (Wildman–Crippen MR) is 90.6 cm³/mol. The van der Waals surface area contributed by atoms with Crippen molar-refractivity contribution in [2.45, 2.75) is 30.1 Å². The van der Waals surface area contributed by atoms with E-state index in [1.807, 2.05) is 5.32 Å². The number of carbonyl (C=O) groups is 1. The molecule has 134 valence electrons. The van der Waals surface area contributed by atoms with E-state index in [0.29, 0.717) is 10.9 Å².